The van der Waals surface area contributed by atoms with E-state index in [1.165, 1.54) is 0 Å². The van der Waals surface area contributed by atoms with Crippen molar-refractivity contribution in [3.05, 3.63) is 35.9 Å². The zero-order valence-corrected chi connectivity index (χ0v) is 10.3. The van der Waals surface area contributed by atoms with Crippen molar-refractivity contribution in [3.8, 4) is 0 Å². The molecule has 1 heterocycles. The van der Waals surface area contributed by atoms with Crippen molar-refractivity contribution in [2.24, 2.45) is 5.92 Å². The molecule has 92 valence electrons. The van der Waals surface area contributed by atoms with E-state index in [1.54, 1.807) is 0 Å². The van der Waals surface area contributed by atoms with Gasteiger partial charge in [-0.3, -0.25) is 4.79 Å². The van der Waals surface area contributed by atoms with Crippen LogP contribution in [0, 0.1) is 5.92 Å². The van der Waals surface area contributed by atoms with Crippen LogP contribution in [-0.4, -0.2) is 19.0 Å². The van der Waals surface area contributed by atoms with Crippen molar-refractivity contribution in [3.63, 3.8) is 0 Å². The summed E-state index contributed by atoms with van der Waals surface area (Å²) in [5.74, 6) is 0.674. The Kier molecular flexibility index (Phi) is 4.15. The highest BCUT2D eigenvalue weighted by molar-refractivity contribution is 5.76. The third-order valence-electron chi connectivity index (χ3n) is 3.31. The normalized spacial score (nSPS) is 21.1. The van der Waals surface area contributed by atoms with Gasteiger partial charge in [-0.1, -0.05) is 30.3 Å². The standard InChI is InChI=1S/C14H20N2O/c1-11(13-5-3-2-4-6-13)16-14(17)9-12-7-8-15-10-12/h2-6,11-12,15H,7-10H2,1H3,(H,16,17). The molecule has 0 aliphatic carbocycles. The zero-order valence-electron chi connectivity index (χ0n) is 10.3. The molecule has 1 aromatic rings. The summed E-state index contributed by atoms with van der Waals surface area (Å²) >= 11 is 0. The fourth-order valence-electron chi connectivity index (χ4n) is 2.28. The first-order valence-corrected chi connectivity index (χ1v) is 6.30. The lowest BCUT2D eigenvalue weighted by atomic mass is 10.0. The third kappa shape index (κ3) is 3.56. The molecule has 0 spiro atoms. The number of carbonyl (C=O) groups is 1. The molecule has 2 unspecified atom stereocenters. The smallest absolute Gasteiger partial charge is 0.220 e. The summed E-state index contributed by atoms with van der Waals surface area (Å²) in [6, 6.07) is 10.2. The lowest BCUT2D eigenvalue weighted by Crippen LogP contribution is -2.28. The number of hydrogen-bond acceptors (Lipinski definition) is 2. The Morgan fingerprint density at radius 1 is 1.47 bits per heavy atom. The number of benzene rings is 1. The Bertz CT molecular complexity index is 358. The highest BCUT2D eigenvalue weighted by Gasteiger charge is 2.19. The minimum Gasteiger partial charge on any atom is -0.350 e. The molecular formula is C14H20N2O. The maximum absolute atomic E-state index is 11.8. The van der Waals surface area contributed by atoms with Gasteiger partial charge in [-0.2, -0.15) is 0 Å². The Labute approximate surface area is 103 Å². The summed E-state index contributed by atoms with van der Waals surface area (Å²) in [6.07, 6.45) is 1.76. The van der Waals surface area contributed by atoms with Crippen LogP contribution < -0.4 is 10.6 Å². The van der Waals surface area contributed by atoms with Gasteiger partial charge in [-0.15, -0.1) is 0 Å². The number of nitrogens with one attached hydrogen (secondary N) is 2. The van der Waals surface area contributed by atoms with Crippen molar-refractivity contribution in [1.29, 1.82) is 0 Å². The largest absolute Gasteiger partial charge is 0.350 e. The topological polar surface area (TPSA) is 41.1 Å². The molecule has 0 aromatic heterocycles. The first-order chi connectivity index (χ1) is 8.25. The zero-order chi connectivity index (χ0) is 12.1. The number of carbonyl (C=O) groups excluding carboxylic acids is 1. The minimum atomic E-state index is 0.0954. The number of amides is 1. The van der Waals surface area contributed by atoms with E-state index in [-0.39, 0.29) is 11.9 Å². The second kappa shape index (κ2) is 5.82. The molecule has 17 heavy (non-hydrogen) atoms. The van der Waals surface area contributed by atoms with Crippen molar-refractivity contribution in [2.45, 2.75) is 25.8 Å². The van der Waals surface area contributed by atoms with Crippen LogP contribution in [0.15, 0.2) is 30.3 Å². The van der Waals surface area contributed by atoms with Crippen LogP contribution in [-0.2, 0) is 4.79 Å². The summed E-state index contributed by atoms with van der Waals surface area (Å²) < 4.78 is 0. The van der Waals surface area contributed by atoms with Crippen molar-refractivity contribution < 1.29 is 4.79 Å². The van der Waals surface area contributed by atoms with E-state index in [9.17, 15) is 4.79 Å². The van der Waals surface area contributed by atoms with Crippen LogP contribution in [0.1, 0.15) is 31.4 Å². The Hall–Kier alpha value is -1.35. The second-order valence-corrected chi connectivity index (χ2v) is 4.76. The van der Waals surface area contributed by atoms with E-state index in [0.717, 1.165) is 25.1 Å². The number of rotatable bonds is 4. The van der Waals surface area contributed by atoms with Crippen LogP contribution in [0.25, 0.3) is 0 Å². The maximum Gasteiger partial charge on any atom is 0.220 e. The van der Waals surface area contributed by atoms with Gasteiger partial charge in [-0.25, -0.2) is 0 Å². The average molecular weight is 232 g/mol. The van der Waals surface area contributed by atoms with Gasteiger partial charge in [0.05, 0.1) is 6.04 Å². The fourth-order valence-corrected chi connectivity index (χ4v) is 2.28. The molecule has 0 saturated carbocycles. The molecule has 3 nitrogen and oxygen atoms in total. The lowest BCUT2D eigenvalue weighted by molar-refractivity contribution is -0.122. The van der Waals surface area contributed by atoms with E-state index in [4.69, 9.17) is 0 Å². The van der Waals surface area contributed by atoms with E-state index < -0.39 is 0 Å². The van der Waals surface area contributed by atoms with Crippen LogP contribution in [0.5, 0.6) is 0 Å². The quantitative estimate of drug-likeness (QED) is 0.832. The molecule has 3 heteroatoms. The average Bonchev–Trinajstić information content (AvgIpc) is 2.82. The molecule has 1 saturated heterocycles. The molecule has 1 aliphatic rings. The maximum atomic E-state index is 11.8. The molecule has 2 N–H and O–H groups in total. The highest BCUT2D eigenvalue weighted by Crippen LogP contribution is 2.15. The molecular weight excluding hydrogens is 212 g/mol. The summed E-state index contributed by atoms with van der Waals surface area (Å²) in [4.78, 5) is 11.8. The molecule has 1 amide bonds. The molecule has 2 atom stereocenters. The second-order valence-electron chi connectivity index (χ2n) is 4.76. The van der Waals surface area contributed by atoms with Crippen LogP contribution in [0.4, 0.5) is 0 Å². The summed E-state index contributed by atoms with van der Waals surface area (Å²) in [7, 11) is 0. The van der Waals surface area contributed by atoms with Gasteiger partial charge >= 0.3 is 0 Å². The lowest BCUT2D eigenvalue weighted by Gasteiger charge is -2.15. The summed E-state index contributed by atoms with van der Waals surface area (Å²) in [5, 5.41) is 6.34. The Morgan fingerprint density at radius 3 is 2.88 bits per heavy atom. The molecule has 1 fully saturated rings. The Morgan fingerprint density at radius 2 is 2.24 bits per heavy atom. The van der Waals surface area contributed by atoms with Crippen LogP contribution >= 0.6 is 0 Å². The van der Waals surface area contributed by atoms with Gasteiger partial charge in [0.2, 0.25) is 5.91 Å². The van der Waals surface area contributed by atoms with Gasteiger partial charge < -0.3 is 10.6 Å². The van der Waals surface area contributed by atoms with E-state index in [2.05, 4.69) is 10.6 Å². The first kappa shape index (κ1) is 12.1. The van der Waals surface area contributed by atoms with Gasteiger partial charge in [0.15, 0.2) is 0 Å². The van der Waals surface area contributed by atoms with Crippen molar-refractivity contribution in [2.75, 3.05) is 13.1 Å². The van der Waals surface area contributed by atoms with E-state index in [0.29, 0.717) is 12.3 Å². The third-order valence-corrected chi connectivity index (χ3v) is 3.31. The monoisotopic (exact) mass is 232 g/mol. The van der Waals surface area contributed by atoms with Crippen LogP contribution in [0.2, 0.25) is 0 Å². The SMILES string of the molecule is CC(NC(=O)CC1CCNC1)c1ccccc1. The molecule has 0 radical (unpaired) electrons. The van der Waals surface area contributed by atoms with E-state index >= 15 is 0 Å². The highest BCUT2D eigenvalue weighted by atomic mass is 16.1. The minimum absolute atomic E-state index is 0.0954. The van der Waals surface area contributed by atoms with Crippen LogP contribution in [0.3, 0.4) is 0 Å². The molecule has 2 rings (SSSR count). The predicted octanol–water partition coefficient (Wildman–Crippen LogP) is 1.86. The molecule has 1 aromatic carbocycles. The van der Waals surface area contributed by atoms with Gasteiger partial charge in [-0.05, 0) is 37.9 Å². The first-order valence-electron chi connectivity index (χ1n) is 6.30. The van der Waals surface area contributed by atoms with Gasteiger partial charge in [0, 0.05) is 6.42 Å². The predicted molar refractivity (Wildman–Crippen MR) is 68.6 cm³/mol. The summed E-state index contributed by atoms with van der Waals surface area (Å²) in [6.45, 7) is 4.06. The summed E-state index contributed by atoms with van der Waals surface area (Å²) in [5.41, 5.74) is 1.16. The fraction of sp³-hybridized carbons (Fsp3) is 0.500. The van der Waals surface area contributed by atoms with Gasteiger partial charge in [0.25, 0.3) is 0 Å². The Balaban J connectivity index is 1.81. The van der Waals surface area contributed by atoms with Crippen molar-refractivity contribution >= 4 is 5.91 Å². The van der Waals surface area contributed by atoms with Gasteiger partial charge in [0.1, 0.15) is 0 Å². The molecule has 0 bridgehead atoms. The molecule has 1 aliphatic heterocycles. The van der Waals surface area contributed by atoms with E-state index in [1.807, 2.05) is 37.3 Å². The van der Waals surface area contributed by atoms with Crippen molar-refractivity contribution in [1.82, 2.24) is 10.6 Å². The number of hydrogen-bond donors (Lipinski definition) is 2.